The summed E-state index contributed by atoms with van der Waals surface area (Å²) in [6.07, 6.45) is 1.24. The van der Waals surface area contributed by atoms with E-state index < -0.39 is 23.2 Å². The van der Waals surface area contributed by atoms with Crippen molar-refractivity contribution in [3.63, 3.8) is 0 Å². The molecule has 0 aliphatic carbocycles. The standard InChI is InChI=1S/C14H22N4O4/c1-13(2,3)22-12(21)18-8-14(9-18,7-11(19)20)15-10-5-6-17(4)16-10/h5-6H,7-9H2,1-4H3,(H,15,16)(H,19,20). The highest BCUT2D eigenvalue weighted by atomic mass is 16.6. The largest absolute Gasteiger partial charge is 0.481 e. The fourth-order valence-corrected chi connectivity index (χ4v) is 2.42. The van der Waals surface area contributed by atoms with Gasteiger partial charge in [0.25, 0.3) is 0 Å². The first-order chi connectivity index (χ1) is 10.1. The molecule has 2 N–H and O–H groups in total. The number of anilines is 1. The van der Waals surface area contributed by atoms with Crippen molar-refractivity contribution in [1.82, 2.24) is 14.7 Å². The van der Waals surface area contributed by atoms with Crippen molar-refractivity contribution in [3.05, 3.63) is 12.3 Å². The van der Waals surface area contributed by atoms with Gasteiger partial charge in [0.1, 0.15) is 11.4 Å². The molecule has 0 radical (unpaired) electrons. The molecule has 0 saturated carbocycles. The van der Waals surface area contributed by atoms with E-state index in [0.29, 0.717) is 5.82 Å². The van der Waals surface area contributed by atoms with Crippen LogP contribution in [-0.4, -0.2) is 56.1 Å². The second-order valence-electron chi connectivity index (χ2n) is 6.69. The van der Waals surface area contributed by atoms with Gasteiger partial charge in [0, 0.05) is 32.4 Å². The first-order valence-electron chi connectivity index (χ1n) is 7.06. The molecular formula is C14H22N4O4. The number of carbonyl (C=O) groups excluding carboxylic acids is 1. The number of nitrogens with one attached hydrogen (secondary N) is 1. The summed E-state index contributed by atoms with van der Waals surface area (Å²) in [5.74, 6) is -0.333. The summed E-state index contributed by atoms with van der Waals surface area (Å²) in [5.41, 5.74) is -1.28. The van der Waals surface area contributed by atoms with Crippen LogP contribution in [0.15, 0.2) is 12.3 Å². The Kier molecular flexibility index (Phi) is 4.04. The van der Waals surface area contributed by atoms with Crippen molar-refractivity contribution in [3.8, 4) is 0 Å². The average molecular weight is 310 g/mol. The number of hydrogen-bond acceptors (Lipinski definition) is 5. The fraction of sp³-hybridized carbons (Fsp3) is 0.643. The number of carboxylic acids is 1. The SMILES string of the molecule is Cn1ccc(NC2(CC(=O)O)CN(C(=O)OC(C)(C)C)C2)n1. The van der Waals surface area contributed by atoms with E-state index >= 15 is 0 Å². The highest BCUT2D eigenvalue weighted by Gasteiger charge is 2.48. The molecule has 0 atom stereocenters. The Morgan fingerprint density at radius 2 is 2.09 bits per heavy atom. The van der Waals surface area contributed by atoms with Crippen LogP contribution in [0.1, 0.15) is 27.2 Å². The third-order valence-corrected chi connectivity index (χ3v) is 3.24. The van der Waals surface area contributed by atoms with Crippen molar-refractivity contribution in [1.29, 1.82) is 0 Å². The number of likely N-dealkylation sites (tertiary alicyclic amines) is 1. The minimum absolute atomic E-state index is 0.0944. The number of aliphatic carboxylic acids is 1. The number of aromatic nitrogens is 2. The van der Waals surface area contributed by atoms with Crippen molar-refractivity contribution < 1.29 is 19.4 Å². The summed E-state index contributed by atoms with van der Waals surface area (Å²) < 4.78 is 6.91. The molecule has 0 bridgehead atoms. The highest BCUT2D eigenvalue weighted by molar-refractivity contribution is 5.74. The fourth-order valence-electron chi connectivity index (χ4n) is 2.42. The molecule has 0 aromatic carbocycles. The van der Waals surface area contributed by atoms with E-state index in [0.717, 1.165) is 0 Å². The van der Waals surface area contributed by atoms with Crippen LogP contribution in [0.3, 0.4) is 0 Å². The van der Waals surface area contributed by atoms with Crippen molar-refractivity contribution in [2.24, 2.45) is 7.05 Å². The van der Waals surface area contributed by atoms with E-state index in [1.54, 1.807) is 44.8 Å². The quantitative estimate of drug-likeness (QED) is 0.870. The Morgan fingerprint density at radius 3 is 2.55 bits per heavy atom. The lowest BCUT2D eigenvalue weighted by molar-refractivity contribution is -0.139. The van der Waals surface area contributed by atoms with Crippen LogP contribution in [0.4, 0.5) is 10.6 Å². The first-order valence-corrected chi connectivity index (χ1v) is 7.06. The van der Waals surface area contributed by atoms with Gasteiger partial charge in [0.05, 0.1) is 12.0 Å². The van der Waals surface area contributed by atoms with Crippen LogP contribution in [-0.2, 0) is 16.6 Å². The zero-order valence-electron chi connectivity index (χ0n) is 13.3. The normalized spacial score (nSPS) is 16.8. The third-order valence-electron chi connectivity index (χ3n) is 3.24. The summed E-state index contributed by atoms with van der Waals surface area (Å²) in [7, 11) is 1.78. The molecule has 122 valence electrons. The van der Waals surface area contributed by atoms with Gasteiger partial charge in [-0.15, -0.1) is 0 Å². The molecule has 1 saturated heterocycles. The van der Waals surface area contributed by atoms with Crippen LogP contribution in [0.25, 0.3) is 0 Å². The molecule has 2 heterocycles. The van der Waals surface area contributed by atoms with E-state index in [1.165, 1.54) is 4.90 Å². The minimum atomic E-state index is -0.924. The molecule has 1 fully saturated rings. The molecule has 1 amide bonds. The number of aryl methyl sites for hydroxylation is 1. The Balaban J connectivity index is 2.02. The summed E-state index contributed by atoms with van der Waals surface area (Å²) in [5, 5.41) is 16.4. The van der Waals surface area contributed by atoms with Gasteiger partial charge in [-0.25, -0.2) is 4.79 Å². The van der Waals surface area contributed by atoms with E-state index in [4.69, 9.17) is 9.84 Å². The van der Waals surface area contributed by atoms with Gasteiger partial charge in [-0.2, -0.15) is 5.10 Å². The van der Waals surface area contributed by atoms with Gasteiger partial charge < -0.3 is 20.1 Å². The Morgan fingerprint density at radius 1 is 1.45 bits per heavy atom. The zero-order valence-corrected chi connectivity index (χ0v) is 13.3. The number of amides is 1. The molecule has 1 aliphatic rings. The number of nitrogens with zero attached hydrogens (tertiary/aromatic N) is 3. The third kappa shape index (κ3) is 3.90. The van der Waals surface area contributed by atoms with Gasteiger partial charge in [-0.3, -0.25) is 9.48 Å². The lowest BCUT2D eigenvalue weighted by atomic mass is 9.86. The molecule has 0 spiro atoms. The molecule has 8 nitrogen and oxygen atoms in total. The van der Waals surface area contributed by atoms with Crippen LogP contribution in [0, 0.1) is 0 Å². The van der Waals surface area contributed by atoms with E-state index in [2.05, 4.69) is 10.4 Å². The number of carboxylic acid groups (broad SMARTS) is 1. The molecule has 0 unspecified atom stereocenters. The molecule has 8 heteroatoms. The monoisotopic (exact) mass is 310 g/mol. The van der Waals surface area contributed by atoms with Crippen molar-refractivity contribution in [2.45, 2.75) is 38.3 Å². The lowest BCUT2D eigenvalue weighted by Gasteiger charge is -2.49. The second kappa shape index (κ2) is 5.51. The van der Waals surface area contributed by atoms with Crippen LogP contribution >= 0.6 is 0 Å². The average Bonchev–Trinajstić information content (AvgIpc) is 2.67. The summed E-state index contributed by atoms with van der Waals surface area (Å²) in [6, 6.07) is 1.76. The predicted octanol–water partition coefficient (Wildman–Crippen LogP) is 1.30. The van der Waals surface area contributed by atoms with E-state index in [-0.39, 0.29) is 19.5 Å². The van der Waals surface area contributed by atoms with Gasteiger partial charge in [-0.1, -0.05) is 0 Å². The molecule has 1 aliphatic heterocycles. The maximum atomic E-state index is 12.0. The van der Waals surface area contributed by atoms with Crippen molar-refractivity contribution >= 4 is 17.9 Å². The topological polar surface area (TPSA) is 96.7 Å². The highest BCUT2D eigenvalue weighted by Crippen LogP contribution is 2.30. The van der Waals surface area contributed by atoms with Crippen LogP contribution in [0.5, 0.6) is 0 Å². The van der Waals surface area contributed by atoms with Gasteiger partial charge in [-0.05, 0) is 20.8 Å². The second-order valence-corrected chi connectivity index (χ2v) is 6.69. The number of ether oxygens (including phenoxy) is 1. The maximum Gasteiger partial charge on any atom is 0.410 e. The maximum absolute atomic E-state index is 12.0. The Bertz CT molecular complexity index is 570. The molecule has 1 aromatic heterocycles. The van der Waals surface area contributed by atoms with E-state index in [9.17, 15) is 9.59 Å². The number of hydrogen-bond donors (Lipinski definition) is 2. The predicted molar refractivity (Wildman–Crippen MR) is 79.6 cm³/mol. The summed E-state index contributed by atoms with van der Waals surface area (Å²) in [4.78, 5) is 24.6. The Labute approximate surface area is 129 Å². The molecule has 2 rings (SSSR count). The smallest absolute Gasteiger partial charge is 0.410 e. The number of carbonyl (C=O) groups is 2. The molecule has 1 aromatic rings. The van der Waals surface area contributed by atoms with E-state index in [1.807, 2.05) is 0 Å². The first kappa shape index (κ1) is 16.1. The minimum Gasteiger partial charge on any atom is -0.481 e. The Hall–Kier alpha value is -2.25. The van der Waals surface area contributed by atoms with Gasteiger partial charge in [0.15, 0.2) is 0 Å². The summed E-state index contributed by atoms with van der Waals surface area (Å²) in [6.45, 7) is 5.92. The van der Waals surface area contributed by atoms with Gasteiger partial charge in [0.2, 0.25) is 0 Å². The number of rotatable bonds is 4. The summed E-state index contributed by atoms with van der Waals surface area (Å²) >= 11 is 0. The zero-order chi connectivity index (χ0) is 16.5. The molecule has 22 heavy (non-hydrogen) atoms. The van der Waals surface area contributed by atoms with Crippen molar-refractivity contribution in [2.75, 3.05) is 18.4 Å². The van der Waals surface area contributed by atoms with Crippen LogP contribution in [0.2, 0.25) is 0 Å². The van der Waals surface area contributed by atoms with Crippen LogP contribution < -0.4 is 5.32 Å². The van der Waals surface area contributed by atoms with Gasteiger partial charge >= 0.3 is 12.1 Å². The molecular weight excluding hydrogens is 288 g/mol. The lowest BCUT2D eigenvalue weighted by Crippen LogP contribution is -2.68.